The van der Waals surface area contributed by atoms with Crippen LogP contribution in [0, 0.1) is 0 Å². The maximum atomic E-state index is 11.8. The quantitative estimate of drug-likeness (QED) is 0.531. The summed E-state index contributed by atoms with van der Waals surface area (Å²) >= 11 is 1.55. The Bertz CT molecular complexity index is 1110. The SMILES string of the molecule is CCNC(=O)Nc1ccc(-c2nc(-c3cccnc3SC)nc(N3CCOCC3C)n2)cc1. The Balaban J connectivity index is 1.74. The highest BCUT2D eigenvalue weighted by molar-refractivity contribution is 7.98. The molecular formula is C23H27N7O2S. The number of ether oxygens (including phenoxy) is 1. The van der Waals surface area contributed by atoms with Crippen molar-refractivity contribution < 1.29 is 9.53 Å². The molecule has 10 heteroatoms. The molecular weight excluding hydrogens is 438 g/mol. The average Bonchev–Trinajstić information content (AvgIpc) is 2.84. The third-order valence-electron chi connectivity index (χ3n) is 5.19. The fraction of sp³-hybridized carbons (Fsp3) is 0.348. The molecule has 1 aliphatic rings. The second-order valence-corrected chi connectivity index (χ2v) is 8.32. The summed E-state index contributed by atoms with van der Waals surface area (Å²) in [5, 5.41) is 6.38. The lowest BCUT2D eigenvalue weighted by Gasteiger charge is -2.33. The number of thioether (sulfide) groups is 1. The summed E-state index contributed by atoms with van der Waals surface area (Å²) in [5.41, 5.74) is 2.39. The van der Waals surface area contributed by atoms with Gasteiger partial charge in [0.1, 0.15) is 5.03 Å². The van der Waals surface area contributed by atoms with E-state index in [0.29, 0.717) is 49.6 Å². The highest BCUT2D eigenvalue weighted by Crippen LogP contribution is 2.29. The molecule has 1 saturated heterocycles. The molecule has 1 atom stereocenters. The molecule has 2 aromatic heterocycles. The van der Waals surface area contributed by atoms with Crippen LogP contribution in [0.2, 0.25) is 0 Å². The average molecular weight is 466 g/mol. The fourth-order valence-electron chi connectivity index (χ4n) is 3.53. The van der Waals surface area contributed by atoms with E-state index in [9.17, 15) is 4.79 Å². The number of carbonyl (C=O) groups is 1. The number of nitrogens with zero attached hydrogens (tertiary/aromatic N) is 5. The van der Waals surface area contributed by atoms with Crippen LogP contribution in [0.3, 0.4) is 0 Å². The van der Waals surface area contributed by atoms with E-state index in [-0.39, 0.29) is 12.1 Å². The van der Waals surface area contributed by atoms with E-state index in [1.165, 1.54) is 0 Å². The van der Waals surface area contributed by atoms with Gasteiger partial charge in [0.15, 0.2) is 11.6 Å². The topological polar surface area (TPSA) is 105 Å². The number of benzene rings is 1. The molecule has 4 rings (SSSR count). The molecule has 0 aliphatic carbocycles. The normalized spacial score (nSPS) is 15.8. The lowest BCUT2D eigenvalue weighted by atomic mass is 10.2. The zero-order valence-electron chi connectivity index (χ0n) is 18.9. The summed E-state index contributed by atoms with van der Waals surface area (Å²) in [6.07, 6.45) is 3.75. The maximum absolute atomic E-state index is 11.8. The van der Waals surface area contributed by atoms with Gasteiger partial charge in [0.25, 0.3) is 0 Å². The van der Waals surface area contributed by atoms with Gasteiger partial charge in [-0.3, -0.25) is 0 Å². The number of hydrogen-bond donors (Lipinski definition) is 2. The largest absolute Gasteiger partial charge is 0.377 e. The van der Waals surface area contributed by atoms with Crippen LogP contribution in [0.25, 0.3) is 22.8 Å². The summed E-state index contributed by atoms with van der Waals surface area (Å²) in [5.74, 6) is 1.76. The number of rotatable bonds is 6. The summed E-state index contributed by atoms with van der Waals surface area (Å²) in [7, 11) is 0. The Morgan fingerprint density at radius 1 is 1.18 bits per heavy atom. The van der Waals surface area contributed by atoms with Crippen LogP contribution in [-0.2, 0) is 4.74 Å². The van der Waals surface area contributed by atoms with E-state index in [2.05, 4.69) is 27.4 Å². The Hall–Kier alpha value is -3.24. The number of anilines is 2. The van der Waals surface area contributed by atoms with Crippen molar-refractivity contribution in [2.24, 2.45) is 0 Å². The van der Waals surface area contributed by atoms with Gasteiger partial charge in [-0.2, -0.15) is 9.97 Å². The van der Waals surface area contributed by atoms with Crippen LogP contribution in [0.5, 0.6) is 0 Å². The lowest BCUT2D eigenvalue weighted by Crippen LogP contribution is -2.44. The van der Waals surface area contributed by atoms with E-state index in [1.54, 1.807) is 18.0 Å². The number of amides is 2. The first-order valence-corrected chi connectivity index (χ1v) is 12.1. The molecule has 0 bridgehead atoms. The van der Waals surface area contributed by atoms with Crippen LogP contribution >= 0.6 is 11.8 Å². The Kier molecular flexibility index (Phi) is 7.36. The number of urea groups is 1. The molecule has 2 N–H and O–H groups in total. The molecule has 0 spiro atoms. The van der Waals surface area contributed by atoms with Crippen LogP contribution in [-0.4, -0.2) is 64.6 Å². The molecule has 1 unspecified atom stereocenters. The van der Waals surface area contributed by atoms with Crippen molar-refractivity contribution in [3.8, 4) is 22.8 Å². The van der Waals surface area contributed by atoms with Gasteiger partial charge in [0.2, 0.25) is 5.95 Å². The van der Waals surface area contributed by atoms with Gasteiger partial charge in [-0.25, -0.2) is 14.8 Å². The number of hydrogen-bond acceptors (Lipinski definition) is 8. The number of carbonyl (C=O) groups excluding carboxylic acids is 1. The number of pyridine rings is 1. The van der Waals surface area contributed by atoms with Crippen molar-refractivity contribution >= 4 is 29.4 Å². The minimum Gasteiger partial charge on any atom is -0.377 e. The first-order valence-electron chi connectivity index (χ1n) is 10.8. The van der Waals surface area contributed by atoms with E-state index < -0.39 is 0 Å². The van der Waals surface area contributed by atoms with Gasteiger partial charge in [0, 0.05) is 30.5 Å². The van der Waals surface area contributed by atoms with E-state index in [4.69, 9.17) is 19.7 Å². The number of nitrogens with one attached hydrogen (secondary N) is 2. The van der Waals surface area contributed by atoms with E-state index in [1.807, 2.05) is 49.6 Å². The van der Waals surface area contributed by atoms with Gasteiger partial charge < -0.3 is 20.3 Å². The Morgan fingerprint density at radius 3 is 2.70 bits per heavy atom. The summed E-state index contributed by atoms with van der Waals surface area (Å²) < 4.78 is 5.60. The summed E-state index contributed by atoms with van der Waals surface area (Å²) in [4.78, 5) is 32.8. The zero-order chi connectivity index (χ0) is 23.2. The highest BCUT2D eigenvalue weighted by Gasteiger charge is 2.24. The van der Waals surface area contributed by atoms with Gasteiger partial charge in [-0.15, -0.1) is 11.8 Å². The van der Waals surface area contributed by atoms with Crippen LogP contribution < -0.4 is 15.5 Å². The molecule has 3 aromatic rings. The number of morpholine rings is 1. The molecule has 0 saturated carbocycles. The van der Waals surface area contributed by atoms with Crippen LogP contribution in [0.1, 0.15) is 13.8 Å². The van der Waals surface area contributed by atoms with Gasteiger partial charge in [-0.1, -0.05) is 0 Å². The van der Waals surface area contributed by atoms with Crippen LogP contribution in [0.15, 0.2) is 47.6 Å². The molecule has 1 fully saturated rings. The Labute approximate surface area is 197 Å². The zero-order valence-corrected chi connectivity index (χ0v) is 19.7. The third-order valence-corrected chi connectivity index (χ3v) is 5.90. The first kappa shape index (κ1) is 22.9. The van der Waals surface area contributed by atoms with Crippen molar-refractivity contribution in [1.82, 2.24) is 25.3 Å². The van der Waals surface area contributed by atoms with E-state index in [0.717, 1.165) is 16.2 Å². The maximum Gasteiger partial charge on any atom is 0.319 e. The smallest absolute Gasteiger partial charge is 0.319 e. The third kappa shape index (κ3) is 5.40. The molecule has 9 nitrogen and oxygen atoms in total. The fourth-order valence-corrected chi connectivity index (χ4v) is 4.07. The Morgan fingerprint density at radius 2 is 1.97 bits per heavy atom. The van der Waals surface area contributed by atoms with Gasteiger partial charge >= 0.3 is 6.03 Å². The molecule has 1 aliphatic heterocycles. The second kappa shape index (κ2) is 10.6. The summed E-state index contributed by atoms with van der Waals surface area (Å²) in [6.45, 7) is 6.50. The van der Waals surface area contributed by atoms with Crippen molar-refractivity contribution in [2.45, 2.75) is 24.9 Å². The highest BCUT2D eigenvalue weighted by atomic mass is 32.2. The molecule has 0 radical (unpaired) electrons. The first-order chi connectivity index (χ1) is 16.1. The van der Waals surface area contributed by atoms with Crippen molar-refractivity contribution in [1.29, 1.82) is 0 Å². The van der Waals surface area contributed by atoms with Crippen molar-refractivity contribution in [2.75, 3.05) is 42.8 Å². The molecule has 1 aromatic carbocycles. The van der Waals surface area contributed by atoms with Crippen molar-refractivity contribution in [3.63, 3.8) is 0 Å². The van der Waals surface area contributed by atoms with Gasteiger partial charge in [-0.05, 0) is 56.5 Å². The molecule has 2 amide bonds. The standard InChI is InChI=1S/C23H27N7O2S/c1-4-24-23(31)26-17-9-7-16(8-10-17)19-27-20(18-6-5-11-25-21(18)33-3)29-22(28-19)30-12-13-32-14-15(30)2/h5-11,15H,4,12-14H2,1-3H3,(H2,24,26,31). The van der Waals surface area contributed by atoms with Crippen molar-refractivity contribution in [3.05, 3.63) is 42.6 Å². The molecule has 172 valence electrons. The predicted molar refractivity (Wildman–Crippen MR) is 131 cm³/mol. The monoisotopic (exact) mass is 465 g/mol. The lowest BCUT2D eigenvalue weighted by molar-refractivity contribution is 0.0981. The predicted octanol–water partition coefficient (Wildman–Crippen LogP) is 3.69. The number of aromatic nitrogens is 4. The van der Waals surface area contributed by atoms with Crippen LogP contribution in [0.4, 0.5) is 16.4 Å². The second-order valence-electron chi connectivity index (χ2n) is 7.52. The van der Waals surface area contributed by atoms with Gasteiger partial charge in [0.05, 0.1) is 24.8 Å². The summed E-state index contributed by atoms with van der Waals surface area (Å²) in [6, 6.07) is 11.2. The molecule has 33 heavy (non-hydrogen) atoms. The minimum absolute atomic E-state index is 0.152. The van der Waals surface area contributed by atoms with E-state index >= 15 is 0 Å². The minimum atomic E-state index is -0.238. The molecule has 3 heterocycles.